The molecule has 21 heavy (non-hydrogen) atoms. The third kappa shape index (κ3) is 3.02. The Morgan fingerprint density at radius 2 is 1.95 bits per heavy atom. The third-order valence-corrected chi connectivity index (χ3v) is 5.41. The van der Waals surface area contributed by atoms with Crippen molar-refractivity contribution in [2.24, 2.45) is 11.8 Å². The molecule has 1 aliphatic rings. The van der Waals surface area contributed by atoms with Crippen LogP contribution in [0.15, 0.2) is 24.5 Å². The van der Waals surface area contributed by atoms with E-state index in [2.05, 4.69) is 28.5 Å². The highest BCUT2D eigenvalue weighted by Crippen LogP contribution is 2.39. The first-order chi connectivity index (χ1) is 10.1. The zero-order chi connectivity index (χ0) is 14.8. The zero-order valence-electron chi connectivity index (χ0n) is 12.5. The second-order valence-electron chi connectivity index (χ2n) is 6.12. The number of nitrogens with zero attached hydrogens (tertiary/aromatic N) is 2. The summed E-state index contributed by atoms with van der Waals surface area (Å²) in [5.41, 5.74) is 8.17. The second-order valence-corrected chi connectivity index (χ2v) is 6.89. The van der Waals surface area contributed by atoms with Crippen LogP contribution in [-0.4, -0.2) is 15.4 Å². The summed E-state index contributed by atoms with van der Waals surface area (Å²) in [7, 11) is 0. The van der Waals surface area contributed by atoms with Gasteiger partial charge in [-0.05, 0) is 60.3 Å². The standard InChI is InChI=1S/C16H22N4S/c1-10-3-4-13(9-11(10)2)19-16-14(15(17)20-21-16)12-5-7-18-8-6-12/h5-8,10-11,13,19H,3-4,9H2,1-2H3,(H2,17,20). The Morgan fingerprint density at radius 3 is 2.67 bits per heavy atom. The predicted molar refractivity (Wildman–Crippen MR) is 89.3 cm³/mol. The molecule has 2 heterocycles. The lowest BCUT2D eigenvalue weighted by Crippen LogP contribution is -2.30. The monoisotopic (exact) mass is 302 g/mol. The highest BCUT2D eigenvalue weighted by molar-refractivity contribution is 7.11. The summed E-state index contributed by atoms with van der Waals surface area (Å²) in [4.78, 5) is 4.07. The second kappa shape index (κ2) is 6.02. The summed E-state index contributed by atoms with van der Waals surface area (Å²) in [6.45, 7) is 4.71. The van der Waals surface area contributed by atoms with Gasteiger partial charge in [-0.1, -0.05) is 13.8 Å². The molecular formula is C16H22N4S. The van der Waals surface area contributed by atoms with Crippen molar-refractivity contribution in [3.05, 3.63) is 24.5 Å². The molecule has 0 aromatic carbocycles. The molecule has 1 aliphatic carbocycles. The van der Waals surface area contributed by atoms with Gasteiger partial charge in [0.25, 0.3) is 0 Å². The number of anilines is 2. The van der Waals surface area contributed by atoms with E-state index in [0.29, 0.717) is 11.9 Å². The maximum Gasteiger partial charge on any atom is 0.147 e. The van der Waals surface area contributed by atoms with E-state index >= 15 is 0 Å². The molecule has 2 aromatic rings. The fourth-order valence-corrected chi connectivity index (χ4v) is 3.88. The molecule has 2 aromatic heterocycles. The lowest BCUT2D eigenvalue weighted by Gasteiger charge is -2.32. The molecule has 3 N–H and O–H groups in total. The van der Waals surface area contributed by atoms with E-state index in [0.717, 1.165) is 28.0 Å². The Morgan fingerprint density at radius 1 is 1.19 bits per heavy atom. The minimum atomic E-state index is 0.525. The van der Waals surface area contributed by atoms with Crippen molar-refractivity contribution >= 4 is 22.4 Å². The molecule has 5 heteroatoms. The summed E-state index contributed by atoms with van der Waals surface area (Å²) >= 11 is 1.46. The van der Waals surface area contributed by atoms with E-state index in [-0.39, 0.29) is 0 Å². The van der Waals surface area contributed by atoms with Crippen molar-refractivity contribution < 1.29 is 0 Å². The molecular weight excluding hydrogens is 280 g/mol. The van der Waals surface area contributed by atoms with Gasteiger partial charge in [-0.15, -0.1) is 0 Å². The number of hydrogen-bond acceptors (Lipinski definition) is 5. The predicted octanol–water partition coefficient (Wildman–Crippen LogP) is 4.02. The van der Waals surface area contributed by atoms with Gasteiger partial charge in [-0.25, -0.2) is 0 Å². The first-order valence-electron chi connectivity index (χ1n) is 7.57. The maximum atomic E-state index is 6.07. The largest absolute Gasteiger partial charge is 0.382 e. The molecule has 0 radical (unpaired) electrons. The summed E-state index contributed by atoms with van der Waals surface area (Å²) in [5, 5.41) is 4.76. The molecule has 1 saturated carbocycles. The van der Waals surface area contributed by atoms with Crippen molar-refractivity contribution in [3.63, 3.8) is 0 Å². The van der Waals surface area contributed by atoms with Crippen LogP contribution in [0.4, 0.5) is 10.8 Å². The Labute approximate surface area is 130 Å². The minimum absolute atomic E-state index is 0.525. The van der Waals surface area contributed by atoms with E-state index in [1.165, 1.54) is 30.8 Å². The Bertz CT molecular complexity index is 596. The van der Waals surface area contributed by atoms with Crippen LogP contribution in [0.2, 0.25) is 0 Å². The van der Waals surface area contributed by atoms with Crippen LogP contribution in [-0.2, 0) is 0 Å². The number of nitrogen functional groups attached to an aromatic ring is 1. The fourth-order valence-electron chi connectivity index (χ4n) is 3.06. The highest BCUT2D eigenvalue weighted by atomic mass is 32.1. The number of rotatable bonds is 3. The number of nitrogens with two attached hydrogens (primary N) is 1. The molecule has 0 aliphatic heterocycles. The van der Waals surface area contributed by atoms with E-state index in [1.54, 1.807) is 12.4 Å². The third-order valence-electron chi connectivity index (χ3n) is 4.62. The van der Waals surface area contributed by atoms with Gasteiger partial charge in [0.2, 0.25) is 0 Å². The maximum absolute atomic E-state index is 6.07. The van der Waals surface area contributed by atoms with Crippen molar-refractivity contribution in [3.8, 4) is 11.1 Å². The summed E-state index contributed by atoms with van der Waals surface area (Å²) in [6, 6.07) is 4.49. The van der Waals surface area contributed by atoms with Gasteiger partial charge in [-0.2, -0.15) is 4.37 Å². The zero-order valence-corrected chi connectivity index (χ0v) is 13.4. The highest BCUT2D eigenvalue weighted by Gasteiger charge is 2.26. The number of pyridine rings is 1. The first kappa shape index (κ1) is 14.3. The van der Waals surface area contributed by atoms with E-state index in [1.807, 2.05) is 12.1 Å². The van der Waals surface area contributed by atoms with Crippen LogP contribution in [0.1, 0.15) is 33.1 Å². The Hall–Kier alpha value is -1.62. The minimum Gasteiger partial charge on any atom is -0.382 e. The molecule has 0 bridgehead atoms. The number of nitrogens with one attached hydrogen (secondary N) is 1. The average molecular weight is 302 g/mol. The van der Waals surface area contributed by atoms with Crippen molar-refractivity contribution in [2.45, 2.75) is 39.2 Å². The molecule has 1 fully saturated rings. The first-order valence-corrected chi connectivity index (χ1v) is 8.34. The van der Waals surface area contributed by atoms with Gasteiger partial charge in [0, 0.05) is 18.4 Å². The van der Waals surface area contributed by atoms with Crippen LogP contribution < -0.4 is 11.1 Å². The SMILES string of the molecule is CC1CCC(Nc2snc(N)c2-c2ccncc2)CC1C. The van der Waals surface area contributed by atoms with Crippen LogP contribution in [0, 0.1) is 11.8 Å². The molecule has 3 rings (SSSR count). The van der Waals surface area contributed by atoms with E-state index in [9.17, 15) is 0 Å². The molecule has 112 valence electrons. The van der Waals surface area contributed by atoms with Gasteiger partial charge in [0.1, 0.15) is 10.8 Å². The van der Waals surface area contributed by atoms with Gasteiger partial charge < -0.3 is 11.1 Å². The van der Waals surface area contributed by atoms with Crippen molar-refractivity contribution in [1.29, 1.82) is 0 Å². The van der Waals surface area contributed by atoms with Gasteiger partial charge >= 0.3 is 0 Å². The molecule has 0 spiro atoms. The molecule has 3 unspecified atom stereocenters. The van der Waals surface area contributed by atoms with Crippen molar-refractivity contribution in [2.75, 3.05) is 11.1 Å². The van der Waals surface area contributed by atoms with Gasteiger partial charge in [0.15, 0.2) is 0 Å². The van der Waals surface area contributed by atoms with Crippen molar-refractivity contribution in [1.82, 2.24) is 9.36 Å². The lowest BCUT2D eigenvalue weighted by atomic mass is 9.79. The smallest absolute Gasteiger partial charge is 0.147 e. The molecule has 0 saturated heterocycles. The Balaban J connectivity index is 1.81. The molecule has 0 amide bonds. The van der Waals surface area contributed by atoms with Gasteiger partial charge in [0.05, 0.1) is 5.56 Å². The average Bonchev–Trinajstić information content (AvgIpc) is 2.85. The summed E-state index contributed by atoms with van der Waals surface area (Å²) < 4.78 is 4.33. The summed E-state index contributed by atoms with van der Waals surface area (Å²) in [5.74, 6) is 2.20. The van der Waals surface area contributed by atoms with Crippen LogP contribution in [0.25, 0.3) is 11.1 Å². The molecule has 3 atom stereocenters. The Kier molecular flexibility index (Phi) is 4.10. The van der Waals surface area contributed by atoms with Crippen LogP contribution in [0.3, 0.4) is 0 Å². The van der Waals surface area contributed by atoms with Gasteiger partial charge in [-0.3, -0.25) is 4.98 Å². The van der Waals surface area contributed by atoms with Crippen LogP contribution >= 0.6 is 11.5 Å². The van der Waals surface area contributed by atoms with E-state index in [4.69, 9.17) is 5.73 Å². The quantitative estimate of drug-likeness (QED) is 0.898. The van der Waals surface area contributed by atoms with E-state index < -0.39 is 0 Å². The number of aromatic nitrogens is 2. The number of hydrogen-bond donors (Lipinski definition) is 2. The topological polar surface area (TPSA) is 63.8 Å². The van der Waals surface area contributed by atoms with Crippen LogP contribution in [0.5, 0.6) is 0 Å². The summed E-state index contributed by atoms with van der Waals surface area (Å²) in [6.07, 6.45) is 7.31. The fraction of sp³-hybridized carbons (Fsp3) is 0.500. The molecule has 4 nitrogen and oxygen atoms in total. The lowest BCUT2D eigenvalue weighted by molar-refractivity contribution is 0.261. The normalized spacial score (nSPS) is 25.7.